The molecule has 2 aromatic carbocycles. The highest BCUT2D eigenvalue weighted by molar-refractivity contribution is 5.84. The first-order valence-electron chi connectivity index (χ1n) is 7.75. The predicted octanol–water partition coefficient (Wildman–Crippen LogP) is 4.18. The molecule has 0 aliphatic heterocycles. The fraction of sp³-hybridized carbons (Fsp3) is 0.0526. The maximum atomic E-state index is 13.4. The molecule has 130 valence electrons. The highest BCUT2D eigenvalue weighted by atomic mass is 19.1. The van der Waals surface area contributed by atoms with Gasteiger partial charge in [-0.3, -0.25) is 4.79 Å². The van der Waals surface area contributed by atoms with E-state index in [2.05, 4.69) is 10.2 Å². The van der Waals surface area contributed by atoms with Crippen LogP contribution in [0.4, 0.5) is 8.78 Å². The van der Waals surface area contributed by atoms with Crippen LogP contribution in [0.5, 0.6) is 11.5 Å². The first kappa shape index (κ1) is 16.0. The second-order valence-electron chi connectivity index (χ2n) is 5.73. The van der Waals surface area contributed by atoms with Crippen molar-refractivity contribution in [1.82, 2.24) is 10.2 Å². The number of nitrogens with one attached hydrogen (secondary N) is 1. The number of hydrogen-bond donors (Lipinski definition) is 1. The van der Waals surface area contributed by atoms with Crippen molar-refractivity contribution in [3.63, 3.8) is 0 Å². The number of rotatable bonds is 4. The Morgan fingerprint density at radius 3 is 2.58 bits per heavy atom. The Balaban J connectivity index is 1.72. The first-order chi connectivity index (χ1) is 12.6. The van der Waals surface area contributed by atoms with Crippen molar-refractivity contribution in [2.75, 3.05) is 0 Å². The van der Waals surface area contributed by atoms with Gasteiger partial charge in [0.25, 0.3) is 5.56 Å². The monoisotopic (exact) mass is 354 g/mol. The number of furan rings is 1. The zero-order valence-electron chi connectivity index (χ0n) is 13.3. The number of nitrogens with zero attached hydrogens (tertiary/aromatic N) is 1. The van der Waals surface area contributed by atoms with Gasteiger partial charge in [-0.15, -0.1) is 0 Å². The van der Waals surface area contributed by atoms with Crippen molar-refractivity contribution >= 4 is 11.0 Å². The smallest absolute Gasteiger partial charge is 0.264 e. The van der Waals surface area contributed by atoms with Gasteiger partial charge in [-0.25, -0.2) is 13.9 Å². The minimum atomic E-state index is -0.732. The summed E-state index contributed by atoms with van der Waals surface area (Å²) >= 11 is 0. The largest absolute Gasteiger partial charge is 0.460 e. The average molecular weight is 354 g/mol. The van der Waals surface area contributed by atoms with Crippen LogP contribution in [0.15, 0.2) is 64.0 Å². The van der Waals surface area contributed by atoms with E-state index in [9.17, 15) is 13.6 Å². The molecule has 0 amide bonds. The summed E-state index contributed by atoms with van der Waals surface area (Å²) in [4.78, 5) is 11.1. The molecule has 4 aromatic rings. The second kappa shape index (κ2) is 6.44. The third-order valence-corrected chi connectivity index (χ3v) is 3.76. The Morgan fingerprint density at radius 2 is 1.85 bits per heavy atom. The Hall–Kier alpha value is -3.48. The number of ether oxygens (including phenoxy) is 1. The molecule has 2 heterocycles. The van der Waals surface area contributed by atoms with Crippen molar-refractivity contribution in [2.24, 2.45) is 0 Å². The predicted molar refractivity (Wildman–Crippen MR) is 90.3 cm³/mol. The van der Waals surface area contributed by atoms with Crippen LogP contribution in [0.1, 0.15) is 11.3 Å². The normalized spacial score (nSPS) is 11.0. The van der Waals surface area contributed by atoms with Gasteiger partial charge in [0.1, 0.15) is 17.4 Å². The third-order valence-electron chi connectivity index (χ3n) is 3.76. The van der Waals surface area contributed by atoms with E-state index in [1.807, 2.05) is 6.07 Å². The number of aromatic amines is 1. The van der Waals surface area contributed by atoms with E-state index in [4.69, 9.17) is 9.15 Å². The Morgan fingerprint density at radius 1 is 1.04 bits per heavy atom. The molecule has 1 N–H and O–H groups in total. The summed E-state index contributed by atoms with van der Waals surface area (Å²) in [5, 5.41) is 7.13. The van der Waals surface area contributed by atoms with Crippen LogP contribution in [-0.4, -0.2) is 10.2 Å². The quantitative estimate of drug-likeness (QED) is 0.597. The molecule has 0 atom stereocenters. The molecule has 4 rings (SSSR count). The highest BCUT2D eigenvalue weighted by Gasteiger charge is 2.12. The third kappa shape index (κ3) is 3.32. The van der Waals surface area contributed by atoms with Gasteiger partial charge >= 0.3 is 0 Å². The van der Waals surface area contributed by atoms with E-state index in [1.54, 1.807) is 18.2 Å². The Bertz CT molecular complexity index is 1110. The summed E-state index contributed by atoms with van der Waals surface area (Å²) in [5.41, 5.74) is 1.68. The van der Waals surface area contributed by atoms with Gasteiger partial charge in [0.05, 0.1) is 12.0 Å². The number of aromatic nitrogens is 2. The lowest BCUT2D eigenvalue weighted by atomic mass is 10.1. The van der Waals surface area contributed by atoms with Crippen molar-refractivity contribution in [1.29, 1.82) is 0 Å². The summed E-state index contributed by atoms with van der Waals surface area (Å²) < 4.78 is 37.9. The molecule has 0 aliphatic rings. The van der Waals surface area contributed by atoms with Crippen LogP contribution in [0.25, 0.3) is 11.0 Å². The van der Waals surface area contributed by atoms with Gasteiger partial charge in [0.2, 0.25) is 0 Å². The summed E-state index contributed by atoms with van der Waals surface area (Å²) in [6.45, 7) is 0. The second-order valence-corrected chi connectivity index (χ2v) is 5.73. The van der Waals surface area contributed by atoms with Gasteiger partial charge in [0.15, 0.2) is 11.3 Å². The topological polar surface area (TPSA) is 68.1 Å². The van der Waals surface area contributed by atoms with Crippen LogP contribution in [-0.2, 0) is 6.42 Å². The molecule has 0 spiro atoms. The molecule has 0 saturated heterocycles. The van der Waals surface area contributed by atoms with E-state index in [-0.39, 0.29) is 11.3 Å². The molecule has 5 nitrogen and oxygen atoms in total. The first-order valence-corrected chi connectivity index (χ1v) is 7.75. The zero-order valence-corrected chi connectivity index (χ0v) is 13.3. The Labute approximate surface area is 145 Å². The van der Waals surface area contributed by atoms with Crippen LogP contribution >= 0.6 is 0 Å². The highest BCUT2D eigenvalue weighted by Crippen LogP contribution is 2.33. The minimum Gasteiger partial charge on any atom is -0.460 e. The fourth-order valence-corrected chi connectivity index (χ4v) is 2.68. The molecule has 26 heavy (non-hydrogen) atoms. The summed E-state index contributed by atoms with van der Waals surface area (Å²) in [7, 11) is 0. The average Bonchev–Trinajstić information content (AvgIpc) is 3.05. The van der Waals surface area contributed by atoms with Gasteiger partial charge in [-0.1, -0.05) is 0 Å². The van der Waals surface area contributed by atoms with Crippen molar-refractivity contribution < 1.29 is 17.9 Å². The summed E-state index contributed by atoms with van der Waals surface area (Å²) in [6, 6.07) is 11.3. The lowest BCUT2D eigenvalue weighted by molar-refractivity contribution is 0.460. The lowest BCUT2D eigenvalue weighted by Gasteiger charge is -2.09. The molecule has 0 aliphatic carbocycles. The number of benzene rings is 2. The summed E-state index contributed by atoms with van der Waals surface area (Å²) in [6.07, 6.45) is 1.94. The van der Waals surface area contributed by atoms with Gasteiger partial charge in [-0.05, 0) is 29.8 Å². The zero-order chi connectivity index (χ0) is 18.1. The summed E-state index contributed by atoms with van der Waals surface area (Å²) in [5.74, 6) is -1.11. The Kier molecular flexibility index (Phi) is 3.96. The molecule has 0 unspecified atom stereocenters. The molecular weight excluding hydrogens is 342 g/mol. The van der Waals surface area contributed by atoms with Crippen LogP contribution in [0.2, 0.25) is 0 Å². The lowest BCUT2D eigenvalue weighted by Crippen LogP contribution is -2.07. The van der Waals surface area contributed by atoms with Gasteiger partial charge in [-0.2, -0.15) is 5.10 Å². The van der Waals surface area contributed by atoms with E-state index < -0.39 is 11.6 Å². The molecule has 7 heteroatoms. The standard InChI is InChI=1S/C19H12F2N2O3/c20-13-8-14(21)10-16(9-13)26-17-7-11(5-12-3-4-25-19(12)17)6-15-1-2-18(24)23-22-15/h1-5,7-10H,6H2,(H,23,24). The van der Waals surface area contributed by atoms with Crippen molar-refractivity contribution in [3.05, 3.63) is 88.0 Å². The van der Waals surface area contributed by atoms with E-state index in [1.165, 1.54) is 12.3 Å². The van der Waals surface area contributed by atoms with Gasteiger partial charge < -0.3 is 9.15 Å². The van der Waals surface area contributed by atoms with E-state index in [0.29, 0.717) is 23.4 Å². The maximum absolute atomic E-state index is 13.4. The molecule has 0 saturated carbocycles. The molecule has 0 bridgehead atoms. The van der Waals surface area contributed by atoms with Gasteiger partial charge in [0, 0.05) is 36.1 Å². The number of fused-ring (bicyclic) bond motifs is 1. The number of hydrogen-bond acceptors (Lipinski definition) is 4. The molecule has 2 aromatic heterocycles. The fourth-order valence-electron chi connectivity index (χ4n) is 2.68. The van der Waals surface area contributed by atoms with Crippen LogP contribution in [0.3, 0.4) is 0 Å². The van der Waals surface area contributed by atoms with Crippen molar-refractivity contribution in [2.45, 2.75) is 6.42 Å². The molecule has 0 fully saturated rings. The molecule has 0 radical (unpaired) electrons. The van der Waals surface area contributed by atoms with Crippen molar-refractivity contribution in [3.8, 4) is 11.5 Å². The molecular formula is C19H12F2N2O3. The number of halogens is 2. The maximum Gasteiger partial charge on any atom is 0.264 e. The SMILES string of the molecule is O=c1ccc(Cc2cc(Oc3cc(F)cc(F)c3)c3occc3c2)n[nH]1. The van der Waals surface area contributed by atoms with Crippen LogP contribution in [0, 0.1) is 11.6 Å². The van der Waals surface area contributed by atoms with E-state index >= 15 is 0 Å². The number of H-pyrrole nitrogens is 1. The van der Waals surface area contributed by atoms with E-state index in [0.717, 1.165) is 29.1 Å². The van der Waals surface area contributed by atoms with Crippen LogP contribution < -0.4 is 10.3 Å². The minimum absolute atomic E-state index is 0.0273.